The van der Waals surface area contributed by atoms with Crippen LogP contribution in [-0.2, 0) is 14.6 Å². The molecule has 0 spiro atoms. The highest BCUT2D eigenvalue weighted by Crippen LogP contribution is 2.32. The number of halogens is 1. The summed E-state index contributed by atoms with van der Waals surface area (Å²) in [5.74, 6) is -1.12. The lowest BCUT2D eigenvalue weighted by atomic mass is 10.2. The average Bonchev–Trinajstić information content (AvgIpc) is 2.27. The Bertz CT molecular complexity index is 556. The third kappa shape index (κ3) is 2.04. The summed E-state index contributed by atoms with van der Waals surface area (Å²) in [6.45, 7) is 0. The minimum atomic E-state index is -3.52. The van der Waals surface area contributed by atoms with Crippen molar-refractivity contribution < 1.29 is 17.6 Å². The van der Waals surface area contributed by atoms with Gasteiger partial charge in [-0.05, 0) is 6.07 Å². The number of nitrogens with zero attached hydrogens (tertiary/aromatic N) is 1. The van der Waals surface area contributed by atoms with Gasteiger partial charge in [-0.3, -0.25) is 4.79 Å². The Morgan fingerprint density at radius 2 is 2.00 bits per heavy atom. The van der Waals surface area contributed by atoms with Crippen LogP contribution in [0.4, 0.5) is 4.39 Å². The predicted octanol–water partition coefficient (Wildman–Crippen LogP) is 1.10. The maximum Gasteiger partial charge on any atom is 0.224 e. The van der Waals surface area contributed by atoms with E-state index < -0.39 is 21.0 Å². The van der Waals surface area contributed by atoms with Crippen molar-refractivity contribution in [1.82, 2.24) is 4.90 Å². The molecule has 92 valence electrons. The van der Waals surface area contributed by atoms with Crippen molar-refractivity contribution >= 4 is 15.7 Å². The van der Waals surface area contributed by atoms with Gasteiger partial charge in [-0.1, -0.05) is 18.2 Å². The lowest BCUT2D eigenvalue weighted by Gasteiger charge is -2.32. The van der Waals surface area contributed by atoms with Crippen LogP contribution in [-0.4, -0.2) is 32.0 Å². The van der Waals surface area contributed by atoms with Crippen LogP contribution in [0.15, 0.2) is 24.3 Å². The van der Waals surface area contributed by atoms with Crippen molar-refractivity contribution in [3.63, 3.8) is 0 Å². The van der Waals surface area contributed by atoms with Crippen molar-refractivity contribution in [2.24, 2.45) is 0 Å². The molecule has 4 nitrogen and oxygen atoms in total. The zero-order valence-electron chi connectivity index (χ0n) is 9.26. The molecule has 0 aromatic heterocycles. The number of amides is 1. The molecule has 6 heteroatoms. The molecule has 0 aliphatic carbocycles. The lowest BCUT2D eigenvalue weighted by molar-refractivity contribution is -0.130. The Kier molecular flexibility index (Phi) is 2.91. The number of rotatable bonds is 1. The van der Waals surface area contributed by atoms with E-state index in [0.717, 1.165) is 4.90 Å². The van der Waals surface area contributed by atoms with Gasteiger partial charge in [0.25, 0.3) is 0 Å². The summed E-state index contributed by atoms with van der Waals surface area (Å²) < 4.78 is 37.5. The Morgan fingerprint density at radius 3 is 2.65 bits per heavy atom. The number of sulfone groups is 1. The van der Waals surface area contributed by atoms with Gasteiger partial charge in [0.05, 0.1) is 5.75 Å². The lowest BCUT2D eigenvalue weighted by Crippen LogP contribution is -2.42. The van der Waals surface area contributed by atoms with E-state index in [0.29, 0.717) is 0 Å². The van der Waals surface area contributed by atoms with E-state index in [1.54, 1.807) is 6.07 Å². The molecule has 0 saturated carbocycles. The second-order valence-corrected chi connectivity index (χ2v) is 6.18. The van der Waals surface area contributed by atoms with Gasteiger partial charge in [0.1, 0.15) is 5.82 Å². The highest BCUT2D eigenvalue weighted by Gasteiger charge is 2.39. The molecular formula is C11H12FNO3S. The van der Waals surface area contributed by atoms with Crippen LogP contribution in [0.1, 0.15) is 17.4 Å². The molecule has 1 aliphatic rings. The molecule has 1 saturated heterocycles. The predicted molar refractivity (Wildman–Crippen MR) is 60.3 cm³/mol. The quantitative estimate of drug-likeness (QED) is 0.757. The summed E-state index contributed by atoms with van der Waals surface area (Å²) in [5.41, 5.74) is 0.0306. The molecule has 1 amide bonds. The molecule has 1 aromatic rings. The molecule has 1 aromatic carbocycles. The number of hydrogen-bond donors (Lipinski definition) is 0. The topological polar surface area (TPSA) is 54.5 Å². The Labute approximate surface area is 99.0 Å². The third-order valence-electron chi connectivity index (χ3n) is 2.86. The zero-order chi connectivity index (χ0) is 12.6. The Hall–Kier alpha value is -1.43. The van der Waals surface area contributed by atoms with Gasteiger partial charge in [-0.25, -0.2) is 12.8 Å². The molecule has 1 aliphatic heterocycles. The van der Waals surface area contributed by atoms with Gasteiger partial charge in [0.2, 0.25) is 5.91 Å². The summed E-state index contributed by atoms with van der Waals surface area (Å²) in [7, 11) is -2.13. The molecule has 1 unspecified atom stereocenters. The molecule has 1 heterocycles. The number of carbonyl (C=O) groups is 1. The van der Waals surface area contributed by atoms with Gasteiger partial charge in [0, 0.05) is 19.0 Å². The first-order valence-electron chi connectivity index (χ1n) is 5.15. The number of carbonyl (C=O) groups excluding carboxylic acids is 1. The summed E-state index contributed by atoms with van der Waals surface area (Å²) in [6.07, 6.45) is -0.0379. The van der Waals surface area contributed by atoms with Crippen LogP contribution in [0.5, 0.6) is 0 Å². The average molecular weight is 257 g/mol. The summed E-state index contributed by atoms with van der Waals surface area (Å²) in [6, 6.07) is 5.63. The van der Waals surface area contributed by atoms with E-state index in [-0.39, 0.29) is 23.6 Å². The van der Waals surface area contributed by atoms with Crippen LogP contribution in [0.2, 0.25) is 0 Å². The fraction of sp³-hybridized carbons (Fsp3) is 0.364. The van der Waals surface area contributed by atoms with Crippen LogP contribution in [0.25, 0.3) is 0 Å². The van der Waals surface area contributed by atoms with E-state index in [1.165, 1.54) is 25.2 Å². The van der Waals surface area contributed by atoms with Crippen molar-refractivity contribution in [3.05, 3.63) is 35.6 Å². The Morgan fingerprint density at radius 1 is 1.35 bits per heavy atom. The van der Waals surface area contributed by atoms with E-state index >= 15 is 0 Å². The molecular weight excluding hydrogens is 245 g/mol. The second-order valence-electron chi connectivity index (χ2n) is 4.00. The number of hydrogen-bond acceptors (Lipinski definition) is 3. The monoisotopic (exact) mass is 257 g/mol. The van der Waals surface area contributed by atoms with Gasteiger partial charge < -0.3 is 4.90 Å². The first-order chi connectivity index (χ1) is 7.93. The van der Waals surface area contributed by atoms with E-state index in [1.807, 2.05) is 0 Å². The molecule has 2 rings (SSSR count). The van der Waals surface area contributed by atoms with E-state index in [9.17, 15) is 17.6 Å². The van der Waals surface area contributed by atoms with Crippen LogP contribution >= 0.6 is 0 Å². The smallest absolute Gasteiger partial charge is 0.224 e. The van der Waals surface area contributed by atoms with Crippen molar-refractivity contribution in [1.29, 1.82) is 0 Å². The van der Waals surface area contributed by atoms with Crippen molar-refractivity contribution in [3.8, 4) is 0 Å². The van der Waals surface area contributed by atoms with Gasteiger partial charge >= 0.3 is 0 Å². The maximum absolute atomic E-state index is 13.6. The van der Waals surface area contributed by atoms with Crippen molar-refractivity contribution in [2.45, 2.75) is 11.8 Å². The van der Waals surface area contributed by atoms with Gasteiger partial charge in [-0.15, -0.1) is 0 Å². The third-order valence-corrected chi connectivity index (χ3v) is 4.88. The van der Waals surface area contributed by atoms with Gasteiger partial charge in [-0.2, -0.15) is 0 Å². The van der Waals surface area contributed by atoms with Crippen LogP contribution in [0, 0.1) is 5.82 Å². The minimum Gasteiger partial charge on any atom is -0.325 e. The molecule has 1 atom stereocenters. The fourth-order valence-electron chi connectivity index (χ4n) is 1.97. The van der Waals surface area contributed by atoms with E-state index in [4.69, 9.17) is 0 Å². The van der Waals surface area contributed by atoms with E-state index in [2.05, 4.69) is 0 Å². The highest BCUT2D eigenvalue weighted by molar-refractivity contribution is 7.91. The summed E-state index contributed by atoms with van der Waals surface area (Å²) in [4.78, 5) is 12.6. The Balaban J connectivity index is 2.54. The van der Waals surface area contributed by atoms with Gasteiger partial charge in [0.15, 0.2) is 15.2 Å². The molecule has 0 bridgehead atoms. The minimum absolute atomic E-state index is 0.0306. The first-order valence-corrected chi connectivity index (χ1v) is 6.86. The molecule has 1 fully saturated rings. The maximum atomic E-state index is 13.6. The van der Waals surface area contributed by atoms with Crippen LogP contribution < -0.4 is 0 Å². The normalized spacial score (nSPS) is 23.8. The zero-order valence-corrected chi connectivity index (χ0v) is 10.1. The molecule has 0 N–H and O–H groups in total. The summed E-state index contributed by atoms with van der Waals surface area (Å²) >= 11 is 0. The number of benzene rings is 1. The van der Waals surface area contributed by atoms with Crippen LogP contribution in [0.3, 0.4) is 0 Å². The van der Waals surface area contributed by atoms with Crippen molar-refractivity contribution in [2.75, 3.05) is 12.8 Å². The fourth-order valence-corrected chi connectivity index (χ4v) is 3.83. The summed E-state index contributed by atoms with van der Waals surface area (Å²) in [5, 5.41) is -1.20. The highest BCUT2D eigenvalue weighted by atomic mass is 32.2. The first kappa shape index (κ1) is 12.0. The molecule has 17 heavy (non-hydrogen) atoms. The SMILES string of the molecule is CN1C(=O)CCS(=O)(=O)C1c1ccccc1F. The standard InChI is InChI=1S/C11H12FNO3S/c1-13-10(14)6-7-17(15,16)11(13)8-4-2-3-5-9(8)12/h2-5,11H,6-7H2,1H3. The largest absolute Gasteiger partial charge is 0.325 e. The second kappa shape index (κ2) is 4.10. The molecule has 0 radical (unpaired) electrons.